The first-order valence-electron chi connectivity index (χ1n) is 6.03. The largest absolute Gasteiger partial charge is 0.216 e. The zero-order valence-electron chi connectivity index (χ0n) is 10.8. The normalized spacial score (nSPS) is 11.6. The Balaban J connectivity index is 2.11. The molecule has 0 heterocycles. The number of hydrogen-bond acceptors (Lipinski definition) is 2. The second-order valence-electron chi connectivity index (χ2n) is 4.37. The Morgan fingerprint density at radius 2 is 1.43 bits per heavy atom. The first-order valence-corrected chi connectivity index (χ1v) is 8.81. The third kappa shape index (κ3) is 4.59. The van der Waals surface area contributed by atoms with Crippen LogP contribution in [0.3, 0.4) is 0 Å². The molecule has 0 atom stereocenters. The summed E-state index contributed by atoms with van der Waals surface area (Å²) in [7, 11) is -3.57. The van der Waals surface area contributed by atoms with Crippen molar-refractivity contribution < 1.29 is 8.42 Å². The van der Waals surface area contributed by atoms with Gasteiger partial charge < -0.3 is 0 Å². The molecule has 0 amide bonds. The summed E-state index contributed by atoms with van der Waals surface area (Å²) >= 11 is 17.9. The molecule has 0 saturated carbocycles. The van der Waals surface area contributed by atoms with Gasteiger partial charge in [0.2, 0.25) is 10.0 Å². The van der Waals surface area contributed by atoms with Crippen LogP contribution in [0.5, 0.6) is 0 Å². The zero-order chi connectivity index (χ0) is 15.5. The van der Waals surface area contributed by atoms with Gasteiger partial charge in [0.05, 0.1) is 5.75 Å². The number of nitrogens with one attached hydrogen (secondary N) is 1. The second kappa shape index (κ2) is 6.99. The maximum atomic E-state index is 12.1. The topological polar surface area (TPSA) is 46.2 Å². The lowest BCUT2D eigenvalue weighted by atomic mass is 10.2. The number of sulfonamides is 1. The summed E-state index contributed by atoms with van der Waals surface area (Å²) in [5, 5.41) is 1.16. The van der Waals surface area contributed by atoms with Gasteiger partial charge in [-0.15, -0.1) is 0 Å². The van der Waals surface area contributed by atoms with Crippen molar-refractivity contribution in [2.75, 3.05) is 0 Å². The summed E-state index contributed by atoms with van der Waals surface area (Å²) in [5.41, 5.74) is 1.08. The average Bonchev–Trinajstić information content (AvgIpc) is 2.42. The number of halogens is 3. The van der Waals surface area contributed by atoms with Gasteiger partial charge in [-0.2, -0.15) is 0 Å². The molecular formula is C14H12Cl3NO2S. The molecule has 112 valence electrons. The van der Waals surface area contributed by atoms with Crippen LogP contribution in [0, 0.1) is 0 Å². The molecule has 0 bridgehead atoms. The summed E-state index contributed by atoms with van der Waals surface area (Å²) in [6, 6.07) is 11.9. The van der Waals surface area contributed by atoms with Crippen LogP contribution >= 0.6 is 34.8 Å². The Kier molecular flexibility index (Phi) is 5.52. The molecule has 3 nitrogen and oxygen atoms in total. The van der Waals surface area contributed by atoms with Gasteiger partial charge in [-0.05, 0) is 23.8 Å². The molecule has 0 aliphatic rings. The second-order valence-corrected chi connectivity index (χ2v) is 7.40. The molecule has 0 aliphatic carbocycles. The highest BCUT2D eigenvalue weighted by Gasteiger charge is 2.16. The van der Waals surface area contributed by atoms with Gasteiger partial charge in [0.15, 0.2) is 0 Å². The molecule has 0 spiro atoms. The molecule has 0 aromatic heterocycles. The van der Waals surface area contributed by atoms with Crippen LogP contribution in [0.2, 0.25) is 15.1 Å². The van der Waals surface area contributed by atoms with Gasteiger partial charge in [-0.1, -0.05) is 59.1 Å². The minimum absolute atomic E-state index is 0.115. The van der Waals surface area contributed by atoms with Crippen molar-refractivity contribution in [3.05, 3.63) is 68.7 Å². The summed E-state index contributed by atoms with van der Waals surface area (Å²) in [5.74, 6) is -0.282. The van der Waals surface area contributed by atoms with E-state index in [0.717, 1.165) is 0 Å². The van der Waals surface area contributed by atoms with Crippen LogP contribution in [0.1, 0.15) is 11.1 Å². The standard InChI is InChI=1S/C14H12Cl3NO2S/c15-12-5-2-1-4-10(12)8-18-21(19,20)9-11-13(16)6-3-7-14(11)17/h1-7,18H,8-9H2. The third-order valence-corrected chi connectivity index (χ3v) is 5.17. The van der Waals surface area contributed by atoms with Gasteiger partial charge in [-0.25, -0.2) is 13.1 Å². The lowest BCUT2D eigenvalue weighted by Gasteiger charge is -2.10. The van der Waals surface area contributed by atoms with E-state index in [1.165, 1.54) is 0 Å². The summed E-state index contributed by atoms with van der Waals surface area (Å²) in [6.45, 7) is 0.115. The van der Waals surface area contributed by atoms with Crippen LogP contribution in [0.25, 0.3) is 0 Å². The number of rotatable bonds is 5. The van der Waals surface area contributed by atoms with E-state index in [1.54, 1.807) is 42.5 Å². The summed E-state index contributed by atoms with van der Waals surface area (Å²) < 4.78 is 26.7. The molecule has 0 saturated heterocycles. The van der Waals surface area contributed by atoms with Gasteiger partial charge in [0.25, 0.3) is 0 Å². The van der Waals surface area contributed by atoms with E-state index in [1.807, 2.05) is 0 Å². The highest BCUT2D eigenvalue weighted by Crippen LogP contribution is 2.26. The molecule has 1 N–H and O–H groups in total. The van der Waals surface area contributed by atoms with Crippen LogP contribution < -0.4 is 4.72 Å². The Bertz CT molecular complexity index is 727. The van der Waals surface area contributed by atoms with Crippen molar-refractivity contribution in [3.63, 3.8) is 0 Å². The fraction of sp³-hybridized carbons (Fsp3) is 0.143. The fourth-order valence-corrected chi connectivity index (χ4v) is 3.80. The maximum Gasteiger partial charge on any atom is 0.216 e. The summed E-state index contributed by atoms with van der Waals surface area (Å²) in [6.07, 6.45) is 0. The van der Waals surface area contributed by atoms with E-state index in [2.05, 4.69) is 4.72 Å². The lowest BCUT2D eigenvalue weighted by Crippen LogP contribution is -2.25. The predicted molar refractivity (Wildman–Crippen MR) is 87.4 cm³/mol. The minimum Gasteiger partial charge on any atom is -0.212 e. The zero-order valence-corrected chi connectivity index (χ0v) is 13.9. The minimum atomic E-state index is -3.57. The molecule has 0 radical (unpaired) electrons. The van der Waals surface area contributed by atoms with Gasteiger partial charge in [0, 0.05) is 27.2 Å². The molecule has 7 heteroatoms. The number of hydrogen-bond donors (Lipinski definition) is 1. The maximum absolute atomic E-state index is 12.1. The molecule has 0 aliphatic heterocycles. The van der Waals surface area contributed by atoms with E-state index in [0.29, 0.717) is 26.2 Å². The van der Waals surface area contributed by atoms with Crippen LogP contribution in [0.15, 0.2) is 42.5 Å². The Hall–Kier alpha value is -0.780. The van der Waals surface area contributed by atoms with E-state index in [-0.39, 0.29) is 12.3 Å². The van der Waals surface area contributed by atoms with Crippen molar-refractivity contribution in [1.82, 2.24) is 4.72 Å². The monoisotopic (exact) mass is 363 g/mol. The highest BCUT2D eigenvalue weighted by atomic mass is 35.5. The first-order chi connectivity index (χ1) is 9.89. The molecule has 2 rings (SSSR count). The van der Waals surface area contributed by atoms with E-state index < -0.39 is 10.0 Å². The van der Waals surface area contributed by atoms with Crippen molar-refractivity contribution in [2.45, 2.75) is 12.3 Å². The molecule has 21 heavy (non-hydrogen) atoms. The number of benzene rings is 2. The fourth-order valence-electron chi connectivity index (χ4n) is 1.74. The van der Waals surface area contributed by atoms with Crippen molar-refractivity contribution in [2.24, 2.45) is 0 Å². The van der Waals surface area contributed by atoms with Crippen molar-refractivity contribution in [1.29, 1.82) is 0 Å². The lowest BCUT2D eigenvalue weighted by molar-refractivity contribution is 0.580. The van der Waals surface area contributed by atoms with Crippen molar-refractivity contribution in [3.8, 4) is 0 Å². The van der Waals surface area contributed by atoms with Gasteiger partial charge in [-0.3, -0.25) is 0 Å². The molecular weight excluding hydrogens is 353 g/mol. The van der Waals surface area contributed by atoms with Crippen molar-refractivity contribution >= 4 is 44.8 Å². The van der Waals surface area contributed by atoms with Crippen LogP contribution in [0.4, 0.5) is 0 Å². The molecule has 0 unspecified atom stereocenters. The van der Waals surface area contributed by atoms with Gasteiger partial charge >= 0.3 is 0 Å². The van der Waals surface area contributed by atoms with Gasteiger partial charge in [0.1, 0.15) is 0 Å². The predicted octanol–water partition coefficient (Wildman–Crippen LogP) is 4.27. The smallest absolute Gasteiger partial charge is 0.212 e. The van der Waals surface area contributed by atoms with Crippen LogP contribution in [-0.2, 0) is 22.3 Å². The SMILES string of the molecule is O=S(=O)(Cc1c(Cl)cccc1Cl)NCc1ccccc1Cl. The third-order valence-electron chi connectivity index (χ3n) is 2.84. The van der Waals surface area contributed by atoms with E-state index >= 15 is 0 Å². The quantitative estimate of drug-likeness (QED) is 0.861. The Labute approximate surface area is 138 Å². The highest BCUT2D eigenvalue weighted by molar-refractivity contribution is 7.88. The van der Waals surface area contributed by atoms with E-state index in [4.69, 9.17) is 34.8 Å². The van der Waals surface area contributed by atoms with E-state index in [9.17, 15) is 8.42 Å². The Morgan fingerprint density at radius 3 is 2.05 bits per heavy atom. The first kappa shape index (κ1) is 16.6. The van der Waals surface area contributed by atoms with Crippen LogP contribution in [-0.4, -0.2) is 8.42 Å². The summed E-state index contributed by atoms with van der Waals surface area (Å²) in [4.78, 5) is 0. The average molecular weight is 365 g/mol. The Morgan fingerprint density at radius 1 is 0.857 bits per heavy atom. The molecule has 2 aromatic rings. The molecule has 0 fully saturated rings. The molecule has 2 aromatic carbocycles.